The maximum Gasteiger partial charge on any atom is 0.185 e. The van der Waals surface area contributed by atoms with Gasteiger partial charge in [-0.25, -0.2) is 0 Å². The van der Waals surface area contributed by atoms with Gasteiger partial charge in [-0.3, -0.25) is 0 Å². The lowest BCUT2D eigenvalue weighted by molar-refractivity contribution is 0.221. The zero-order valence-corrected chi connectivity index (χ0v) is 12.0. The number of rotatable bonds is 4. The van der Waals surface area contributed by atoms with Gasteiger partial charge in [0.2, 0.25) is 0 Å². The van der Waals surface area contributed by atoms with Crippen LogP contribution in [0.25, 0.3) is 0 Å². The molecule has 0 bridgehead atoms. The molecule has 0 amide bonds. The molecule has 0 spiro atoms. The van der Waals surface area contributed by atoms with Gasteiger partial charge in [-0.15, -0.1) is 0 Å². The molecular weight excluding hydrogens is 200 g/mol. The van der Waals surface area contributed by atoms with Crippen LogP contribution in [0.4, 0.5) is 0 Å². The molecule has 0 aromatic carbocycles. The third kappa shape index (κ3) is 9.77. The first-order valence-electron chi connectivity index (χ1n) is 5.55. The van der Waals surface area contributed by atoms with Crippen molar-refractivity contribution in [1.29, 1.82) is 0 Å². The lowest BCUT2D eigenvalue weighted by Crippen LogP contribution is -2.32. The summed E-state index contributed by atoms with van der Waals surface area (Å²) in [5.74, 6) is 6.81. The Morgan fingerprint density at radius 2 is 1.87 bits per heavy atom. The summed E-state index contributed by atoms with van der Waals surface area (Å²) in [5, 5.41) is 0. The Morgan fingerprint density at radius 1 is 1.33 bits per heavy atom. The summed E-state index contributed by atoms with van der Waals surface area (Å²) in [7, 11) is -1.49. The van der Waals surface area contributed by atoms with Crippen LogP contribution in [0.2, 0.25) is 19.6 Å². The van der Waals surface area contributed by atoms with Crippen LogP contribution < -0.4 is 0 Å². The third-order valence-electron chi connectivity index (χ3n) is 1.63. The third-order valence-corrected chi connectivity index (χ3v) is 2.62. The van der Waals surface area contributed by atoms with Gasteiger partial charge in [-0.1, -0.05) is 32.3 Å². The van der Waals surface area contributed by atoms with Gasteiger partial charge in [0.1, 0.15) is 6.10 Å². The fourth-order valence-corrected chi connectivity index (χ4v) is 2.20. The van der Waals surface area contributed by atoms with Crippen LogP contribution in [0.15, 0.2) is 12.2 Å². The minimum absolute atomic E-state index is 0.0772. The van der Waals surface area contributed by atoms with Crippen molar-refractivity contribution in [3.8, 4) is 11.8 Å². The smallest absolute Gasteiger partial charge is 0.185 e. The molecule has 2 heteroatoms. The fraction of sp³-hybridized carbons (Fsp3) is 0.692. The summed E-state index contributed by atoms with van der Waals surface area (Å²) in [4.78, 5) is 0. The highest BCUT2D eigenvalue weighted by atomic mass is 28.4. The summed E-state index contributed by atoms with van der Waals surface area (Å²) in [5.41, 5.74) is 0.905. The van der Waals surface area contributed by atoms with Crippen LogP contribution in [-0.4, -0.2) is 14.4 Å². The summed E-state index contributed by atoms with van der Waals surface area (Å²) in [6.45, 7) is 16.7. The molecule has 0 aliphatic carbocycles. The van der Waals surface area contributed by atoms with Crippen LogP contribution in [0.1, 0.15) is 27.2 Å². The average molecular weight is 224 g/mol. The number of hydrogen-bond acceptors (Lipinski definition) is 1. The molecule has 86 valence electrons. The van der Waals surface area contributed by atoms with E-state index in [0.29, 0.717) is 5.92 Å². The molecule has 0 radical (unpaired) electrons. The van der Waals surface area contributed by atoms with Crippen LogP contribution in [0.5, 0.6) is 0 Å². The second kappa shape index (κ2) is 6.15. The molecule has 0 saturated carbocycles. The highest BCUT2D eigenvalue weighted by molar-refractivity contribution is 6.69. The summed E-state index contributed by atoms with van der Waals surface area (Å²) < 4.78 is 6.02. The van der Waals surface area contributed by atoms with Crippen LogP contribution in [0.3, 0.4) is 0 Å². The molecule has 1 nitrogen and oxygen atoms in total. The molecule has 0 aromatic heterocycles. The van der Waals surface area contributed by atoms with E-state index < -0.39 is 8.32 Å². The molecule has 1 unspecified atom stereocenters. The van der Waals surface area contributed by atoms with E-state index in [-0.39, 0.29) is 6.10 Å². The van der Waals surface area contributed by atoms with Crippen molar-refractivity contribution in [1.82, 2.24) is 0 Å². The van der Waals surface area contributed by atoms with Gasteiger partial charge in [0.05, 0.1) is 0 Å². The lowest BCUT2D eigenvalue weighted by atomic mass is 10.1. The van der Waals surface area contributed by atoms with E-state index in [9.17, 15) is 0 Å². The molecule has 0 heterocycles. The second-order valence-corrected chi connectivity index (χ2v) is 9.86. The molecule has 0 aromatic rings. The van der Waals surface area contributed by atoms with E-state index in [4.69, 9.17) is 4.43 Å². The van der Waals surface area contributed by atoms with E-state index >= 15 is 0 Å². The molecular formula is C13H24OSi. The molecule has 0 rings (SSSR count). The fourth-order valence-electron chi connectivity index (χ4n) is 1.20. The van der Waals surface area contributed by atoms with Crippen LogP contribution in [-0.2, 0) is 4.43 Å². The van der Waals surface area contributed by atoms with E-state index in [0.717, 1.165) is 12.0 Å². The molecule has 15 heavy (non-hydrogen) atoms. The first-order valence-corrected chi connectivity index (χ1v) is 8.96. The Morgan fingerprint density at radius 3 is 2.20 bits per heavy atom. The number of allylic oxidation sites excluding steroid dienone is 1. The Kier molecular flexibility index (Phi) is 5.93. The molecule has 0 fully saturated rings. The minimum Gasteiger partial charge on any atom is -0.404 e. The summed E-state index contributed by atoms with van der Waals surface area (Å²) >= 11 is 0. The van der Waals surface area contributed by atoms with Crippen molar-refractivity contribution in [3.05, 3.63) is 12.2 Å². The first-order chi connectivity index (χ1) is 6.70. The molecule has 0 aliphatic rings. The maximum atomic E-state index is 6.02. The summed E-state index contributed by atoms with van der Waals surface area (Å²) in [6.07, 6.45) is 1.08. The van der Waals surface area contributed by atoms with Gasteiger partial charge in [-0.2, -0.15) is 0 Å². The van der Waals surface area contributed by atoms with Gasteiger partial charge in [-0.05, 0) is 44.5 Å². The molecule has 0 N–H and O–H groups in total. The Labute approximate surface area is 96.0 Å². The highest BCUT2D eigenvalue weighted by Crippen LogP contribution is 2.14. The average Bonchev–Trinajstić information content (AvgIpc) is 1.95. The zero-order valence-electron chi connectivity index (χ0n) is 11.0. The van der Waals surface area contributed by atoms with Gasteiger partial charge in [0.25, 0.3) is 0 Å². The zero-order chi connectivity index (χ0) is 12.1. The molecule has 0 saturated heterocycles. The predicted molar refractivity (Wildman–Crippen MR) is 70.3 cm³/mol. The van der Waals surface area contributed by atoms with Gasteiger partial charge in [0.15, 0.2) is 8.32 Å². The maximum absolute atomic E-state index is 6.02. The van der Waals surface area contributed by atoms with Crippen molar-refractivity contribution in [2.75, 3.05) is 0 Å². The van der Waals surface area contributed by atoms with Crippen molar-refractivity contribution in [2.24, 2.45) is 5.92 Å². The lowest BCUT2D eigenvalue weighted by Gasteiger charge is -2.23. The normalized spacial score (nSPS) is 13.3. The topological polar surface area (TPSA) is 9.23 Å². The van der Waals surface area contributed by atoms with Crippen molar-refractivity contribution in [3.63, 3.8) is 0 Å². The SMILES string of the molecule is C=C(C)C#CC(CC(C)C)O[Si](C)(C)C. The van der Waals surface area contributed by atoms with Crippen molar-refractivity contribution in [2.45, 2.75) is 52.9 Å². The minimum atomic E-state index is -1.49. The quantitative estimate of drug-likeness (QED) is 0.521. The molecule has 1 atom stereocenters. The monoisotopic (exact) mass is 224 g/mol. The van der Waals surface area contributed by atoms with Gasteiger partial charge >= 0.3 is 0 Å². The number of hydrogen-bond donors (Lipinski definition) is 0. The standard InChI is InChI=1S/C13H24OSi/c1-11(2)8-9-13(10-12(3)4)14-15(5,6)7/h12-13H,1,10H2,2-7H3. The van der Waals surface area contributed by atoms with Crippen molar-refractivity contribution < 1.29 is 4.43 Å². The van der Waals surface area contributed by atoms with Crippen LogP contribution in [0, 0.1) is 17.8 Å². The van der Waals surface area contributed by atoms with Crippen LogP contribution >= 0.6 is 0 Å². The highest BCUT2D eigenvalue weighted by Gasteiger charge is 2.20. The largest absolute Gasteiger partial charge is 0.404 e. The Hall–Kier alpha value is -0.523. The second-order valence-electron chi connectivity index (χ2n) is 5.40. The predicted octanol–water partition coefficient (Wildman–Crippen LogP) is 3.83. The van der Waals surface area contributed by atoms with E-state index in [2.05, 4.69) is 51.9 Å². The first kappa shape index (κ1) is 14.5. The van der Waals surface area contributed by atoms with E-state index in [1.54, 1.807) is 0 Å². The van der Waals surface area contributed by atoms with Gasteiger partial charge < -0.3 is 4.43 Å². The molecule has 0 aliphatic heterocycles. The van der Waals surface area contributed by atoms with Gasteiger partial charge in [0, 0.05) is 0 Å². The van der Waals surface area contributed by atoms with E-state index in [1.165, 1.54) is 0 Å². The van der Waals surface area contributed by atoms with Crippen molar-refractivity contribution >= 4 is 8.32 Å². The Bertz CT molecular complexity index is 262. The summed E-state index contributed by atoms with van der Waals surface area (Å²) in [6, 6.07) is 0. The Balaban J connectivity index is 4.47. The van der Waals surface area contributed by atoms with E-state index in [1.807, 2.05) is 6.92 Å².